The van der Waals surface area contributed by atoms with Crippen LogP contribution >= 0.6 is 0 Å². The number of carbonyl (C=O) groups is 2. The van der Waals surface area contributed by atoms with Crippen LogP contribution in [0.2, 0.25) is 0 Å². The maximum absolute atomic E-state index is 11.7. The minimum atomic E-state index is -0.280. The lowest BCUT2D eigenvalue weighted by Crippen LogP contribution is -2.40. The smallest absolute Gasteiger partial charge is 0.315 e. The van der Waals surface area contributed by atoms with Gasteiger partial charge in [0.2, 0.25) is 5.91 Å². The molecule has 1 aliphatic carbocycles. The van der Waals surface area contributed by atoms with Gasteiger partial charge in [-0.1, -0.05) is 6.07 Å². The van der Waals surface area contributed by atoms with Crippen molar-refractivity contribution < 1.29 is 9.59 Å². The minimum Gasteiger partial charge on any atom is -0.335 e. The number of benzene rings is 1. The summed E-state index contributed by atoms with van der Waals surface area (Å²) in [7, 11) is 0. The van der Waals surface area contributed by atoms with Gasteiger partial charge in [-0.25, -0.2) is 4.79 Å². The van der Waals surface area contributed by atoms with Gasteiger partial charge in [0.1, 0.15) is 0 Å². The van der Waals surface area contributed by atoms with Gasteiger partial charge in [-0.15, -0.1) is 0 Å². The van der Waals surface area contributed by atoms with Crippen LogP contribution in [0.25, 0.3) is 0 Å². The summed E-state index contributed by atoms with van der Waals surface area (Å²) in [6, 6.07) is 5.85. The third-order valence-electron chi connectivity index (χ3n) is 2.83. The second-order valence-corrected chi connectivity index (χ2v) is 5.03. The fourth-order valence-corrected chi connectivity index (χ4v) is 1.88. The summed E-state index contributed by atoms with van der Waals surface area (Å²) in [5, 5.41) is 8.07. The number of aryl methyl sites for hydroxylation is 2. The summed E-state index contributed by atoms with van der Waals surface area (Å²) in [6.07, 6.45) is 2.06. The van der Waals surface area contributed by atoms with Crippen molar-refractivity contribution in [2.45, 2.75) is 32.7 Å². The second-order valence-electron chi connectivity index (χ2n) is 5.03. The molecule has 3 amide bonds. The van der Waals surface area contributed by atoms with Crippen molar-refractivity contribution in [2.75, 3.05) is 11.9 Å². The molecule has 0 heterocycles. The van der Waals surface area contributed by atoms with Crippen molar-refractivity contribution in [3.63, 3.8) is 0 Å². The molecule has 0 bridgehead atoms. The first-order chi connectivity index (χ1) is 9.02. The third kappa shape index (κ3) is 4.62. The Morgan fingerprint density at radius 1 is 1.16 bits per heavy atom. The number of nitrogens with one attached hydrogen (secondary N) is 3. The first-order valence-electron chi connectivity index (χ1n) is 6.45. The van der Waals surface area contributed by atoms with E-state index in [0.717, 1.165) is 29.7 Å². The highest BCUT2D eigenvalue weighted by Gasteiger charge is 2.23. The largest absolute Gasteiger partial charge is 0.335 e. The Hall–Kier alpha value is -2.04. The zero-order valence-electron chi connectivity index (χ0n) is 11.2. The van der Waals surface area contributed by atoms with Crippen molar-refractivity contribution in [3.8, 4) is 0 Å². The van der Waals surface area contributed by atoms with E-state index in [1.165, 1.54) is 0 Å². The molecule has 1 fully saturated rings. The molecule has 19 heavy (non-hydrogen) atoms. The van der Waals surface area contributed by atoms with Crippen molar-refractivity contribution in [1.82, 2.24) is 10.6 Å². The Morgan fingerprint density at radius 3 is 2.37 bits per heavy atom. The SMILES string of the molecule is Cc1cc(C)cc(NC(=O)CNC(=O)NC2CC2)c1. The number of amides is 3. The van der Waals surface area contributed by atoms with Gasteiger partial charge in [-0.05, 0) is 49.9 Å². The minimum absolute atomic E-state index is 0.0223. The summed E-state index contributed by atoms with van der Waals surface area (Å²) in [5.74, 6) is -0.226. The molecule has 3 N–H and O–H groups in total. The van der Waals surface area contributed by atoms with E-state index in [1.807, 2.05) is 32.0 Å². The van der Waals surface area contributed by atoms with Gasteiger partial charge in [0.25, 0.3) is 0 Å². The monoisotopic (exact) mass is 261 g/mol. The Kier molecular flexibility index (Phi) is 4.04. The molecule has 0 unspecified atom stereocenters. The molecule has 1 aliphatic rings. The zero-order chi connectivity index (χ0) is 13.8. The Bertz CT molecular complexity index is 475. The molecule has 0 spiro atoms. The highest BCUT2D eigenvalue weighted by molar-refractivity contribution is 5.94. The molecule has 0 aliphatic heterocycles. The molecule has 2 rings (SSSR count). The van der Waals surface area contributed by atoms with Crippen LogP contribution in [-0.4, -0.2) is 24.5 Å². The summed E-state index contributed by atoms with van der Waals surface area (Å²) in [6.45, 7) is 3.93. The van der Waals surface area contributed by atoms with Gasteiger partial charge in [0.15, 0.2) is 0 Å². The predicted molar refractivity (Wildman–Crippen MR) is 74.1 cm³/mol. The van der Waals surface area contributed by atoms with Gasteiger partial charge >= 0.3 is 6.03 Å². The molecule has 1 saturated carbocycles. The van der Waals surface area contributed by atoms with E-state index in [9.17, 15) is 9.59 Å². The molecule has 1 aromatic rings. The van der Waals surface area contributed by atoms with Crippen LogP contribution in [-0.2, 0) is 4.79 Å². The Labute approximate surface area is 112 Å². The molecule has 5 nitrogen and oxygen atoms in total. The van der Waals surface area contributed by atoms with Gasteiger partial charge in [-0.3, -0.25) is 4.79 Å². The number of urea groups is 1. The summed E-state index contributed by atoms with van der Waals surface area (Å²) in [5.41, 5.74) is 2.94. The van der Waals surface area contributed by atoms with Gasteiger partial charge in [-0.2, -0.15) is 0 Å². The van der Waals surface area contributed by atoms with Crippen LogP contribution in [0, 0.1) is 13.8 Å². The fraction of sp³-hybridized carbons (Fsp3) is 0.429. The second kappa shape index (κ2) is 5.73. The number of hydrogen-bond donors (Lipinski definition) is 3. The average molecular weight is 261 g/mol. The summed E-state index contributed by atoms with van der Waals surface area (Å²) in [4.78, 5) is 23.0. The van der Waals surface area contributed by atoms with Crippen molar-refractivity contribution in [1.29, 1.82) is 0 Å². The van der Waals surface area contributed by atoms with Gasteiger partial charge < -0.3 is 16.0 Å². The first kappa shape index (κ1) is 13.4. The highest BCUT2D eigenvalue weighted by Crippen LogP contribution is 2.18. The molecule has 0 saturated heterocycles. The maximum Gasteiger partial charge on any atom is 0.315 e. The lowest BCUT2D eigenvalue weighted by molar-refractivity contribution is -0.115. The van der Waals surface area contributed by atoms with E-state index in [-0.39, 0.29) is 18.5 Å². The summed E-state index contributed by atoms with van der Waals surface area (Å²) < 4.78 is 0. The number of rotatable bonds is 4. The van der Waals surface area contributed by atoms with Gasteiger partial charge in [0.05, 0.1) is 6.54 Å². The van der Waals surface area contributed by atoms with Crippen LogP contribution in [0.1, 0.15) is 24.0 Å². The lowest BCUT2D eigenvalue weighted by Gasteiger charge is -2.09. The van der Waals surface area contributed by atoms with Crippen LogP contribution < -0.4 is 16.0 Å². The van der Waals surface area contributed by atoms with E-state index < -0.39 is 0 Å². The fourth-order valence-electron chi connectivity index (χ4n) is 1.88. The maximum atomic E-state index is 11.7. The van der Waals surface area contributed by atoms with E-state index in [2.05, 4.69) is 16.0 Å². The molecule has 5 heteroatoms. The average Bonchev–Trinajstić information content (AvgIpc) is 3.09. The van der Waals surface area contributed by atoms with Gasteiger partial charge in [0, 0.05) is 11.7 Å². The van der Waals surface area contributed by atoms with Crippen molar-refractivity contribution in [3.05, 3.63) is 29.3 Å². The van der Waals surface area contributed by atoms with Crippen LogP contribution in [0.4, 0.5) is 10.5 Å². The summed E-state index contributed by atoms with van der Waals surface area (Å²) >= 11 is 0. The van der Waals surface area contributed by atoms with Crippen LogP contribution in [0.15, 0.2) is 18.2 Å². The van der Waals surface area contributed by atoms with E-state index in [0.29, 0.717) is 6.04 Å². The molecular formula is C14H19N3O2. The Morgan fingerprint density at radius 2 is 1.79 bits per heavy atom. The van der Waals surface area contributed by atoms with Crippen LogP contribution in [0.5, 0.6) is 0 Å². The molecule has 0 aromatic heterocycles. The quantitative estimate of drug-likeness (QED) is 0.772. The Balaban J connectivity index is 1.78. The van der Waals surface area contributed by atoms with Crippen molar-refractivity contribution in [2.24, 2.45) is 0 Å². The standard InChI is InChI=1S/C14H19N3O2/c1-9-5-10(2)7-12(6-9)16-13(18)8-15-14(19)17-11-3-4-11/h5-7,11H,3-4,8H2,1-2H3,(H,16,18)(H2,15,17,19). The molecular weight excluding hydrogens is 242 g/mol. The molecule has 102 valence electrons. The van der Waals surface area contributed by atoms with Crippen LogP contribution in [0.3, 0.4) is 0 Å². The third-order valence-corrected chi connectivity index (χ3v) is 2.83. The predicted octanol–water partition coefficient (Wildman–Crippen LogP) is 1.70. The molecule has 1 aromatic carbocycles. The first-order valence-corrected chi connectivity index (χ1v) is 6.45. The zero-order valence-corrected chi connectivity index (χ0v) is 11.2. The van der Waals surface area contributed by atoms with Crippen molar-refractivity contribution >= 4 is 17.6 Å². The van der Waals surface area contributed by atoms with E-state index in [4.69, 9.17) is 0 Å². The van der Waals surface area contributed by atoms with E-state index >= 15 is 0 Å². The molecule has 0 radical (unpaired) electrons. The highest BCUT2D eigenvalue weighted by atomic mass is 16.2. The molecule has 0 atom stereocenters. The topological polar surface area (TPSA) is 70.2 Å². The number of hydrogen-bond acceptors (Lipinski definition) is 2. The normalized spacial score (nSPS) is 13.8. The van der Waals surface area contributed by atoms with E-state index in [1.54, 1.807) is 0 Å². The lowest BCUT2D eigenvalue weighted by atomic mass is 10.1. The number of anilines is 1. The number of carbonyl (C=O) groups excluding carboxylic acids is 2.